The molecule has 0 fully saturated rings. The molecule has 0 spiro atoms. The summed E-state index contributed by atoms with van der Waals surface area (Å²) < 4.78 is 15.8. The predicted octanol–water partition coefficient (Wildman–Crippen LogP) is 4.08. The summed E-state index contributed by atoms with van der Waals surface area (Å²) >= 11 is 0. The molecule has 1 unspecified atom stereocenters. The lowest BCUT2D eigenvalue weighted by Crippen LogP contribution is -2.44. The Morgan fingerprint density at radius 3 is 2.53 bits per heavy atom. The molecule has 4 rings (SSSR count). The minimum absolute atomic E-state index is 0.0978. The van der Waals surface area contributed by atoms with E-state index in [-0.39, 0.29) is 11.5 Å². The van der Waals surface area contributed by atoms with E-state index < -0.39 is 17.8 Å². The number of carbonyl (C=O) groups excluding carboxylic acids is 2. The second kappa shape index (κ2) is 9.43. The highest BCUT2D eigenvalue weighted by atomic mass is 19.1. The van der Waals surface area contributed by atoms with E-state index in [1.807, 2.05) is 49.5 Å². The Morgan fingerprint density at radius 2 is 1.75 bits per heavy atom. The van der Waals surface area contributed by atoms with Gasteiger partial charge >= 0.3 is 0 Å². The molecular formula is C25H23FN4O2. The third-order valence-electron chi connectivity index (χ3n) is 5.35. The number of carbonyl (C=O) groups is 2. The molecule has 3 aromatic carbocycles. The molecule has 0 radical (unpaired) electrons. The normalized spacial score (nSPS) is 11.8. The molecule has 1 atom stereocenters. The predicted molar refractivity (Wildman–Crippen MR) is 122 cm³/mol. The first kappa shape index (κ1) is 21.2. The van der Waals surface area contributed by atoms with E-state index in [9.17, 15) is 14.0 Å². The van der Waals surface area contributed by atoms with Crippen molar-refractivity contribution in [1.29, 1.82) is 0 Å². The van der Waals surface area contributed by atoms with Gasteiger partial charge in [-0.1, -0.05) is 48.5 Å². The van der Waals surface area contributed by atoms with Crippen LogP contribution in [-0.2, 0) is 18.3 Å². The number of amides is 2. The van der Waals surface area contributed by atoms with Crippen molar-refractivity contribution in [2.45, 2.75) is 18.9 Å². The van der Waals surface area contributed by atoms with Gasteiger partial charge in [-0.25, -0.2) is 4.39 Å². The van der Waals surface area contributed by atoms with Gasteiger partial charge in [0.25, 0.3) is 5.91 Å². The van der Waals surface area contributed by atoms with Crippen molar-refractivity contribution in [3.8, 4) is 0 Å². The number of halogens is 1. The zero-order valence-electron chi connectivity index (χ0n) is 17.6. The highest BCUT2D eigenvalue weighted by Gasteiger charge is 2.23. The summed E-state index contributed by atoms with van der Waals surface area (Å²) in [6.45, 7) is 0. The maximum Gasteiger partial charge on any atom is 0.254 e. The second-order valence-corrected chi connectivity index (χ2v) is 7.53. The highest BCUT2D eigenvalue weighted by Crippen LogP contribution is 2.23. The van der Waals surface area contributed by atoms with Gasteiger partial charge in [0.1, 0.15) is 11.9 Å². The van der Waals surface area contributed by atoms with Crippen LogP contribution in [-0.4, -0.2) is 27.6 Å². The Bertz CT molecular complexity index is 1250. The maximum atomic E-state index is 14.1. The zero-order chi connectivity index (χ0) is 22.5. The molecule has 0 saturated heterocycles. The summed E-state index contributed by atoms with van der Waals surface area (Å²) in [6, 6.07) is 20.1. The Kier molecular flexibility index (Phi) is 6.26. The first-order chi connectivity index (χ1) is 15.5. The largest absolute Gasteiger partial charge is 0.340 e. The molecule has 7 heteroatoms. The number of benzene rings is 3. The number of hydrogen-bond donors (Lipinski definition) is 2. The molecule has 1 heterocycles. The van der Waals surface area contributed by atoms with E-state index >= 15 is 0 Å². The molecule has 1 aromatic heterocycles. The molecular weight excluding hydrogens is 407 g/mol. The Morgan fingerprint density at radius 1 is 1.00 bits per heavy atom. The Labute approximate surface area is 185 Å². The third-order valence-corrected chi connectivity index (χ3v) is 5.35. The smallest absolute Gasteiger partial charge is 0.254 e. The summed E-state index contributed by atoms with van der Waals surface area (Å²) in [5, 5.41) is 10.6. The lowest BCUT2D eigenvalue weighted by Gasteiger charge is -2.19. The molecule has 0 aliphatic heterocycles. The average molecular weight is 430 g/mol. The van der Waals surface area contributed by atoms with Crippen LogP contribution in [0.2, 0.25) is 0 Å². The van der Waals surface area contributed by atoms with Gasteiger partial charge < -0.3 is 10.6 Å². The Balaban J connectivity index is 1.56. The molecule has 0 aliphatic rings. The minimum Gasteiger partial charge on any atom is -0.340 e. The SMILES string of the molecule is Cn1ncc2c(NC(=O)C(CCc3ccccc3)NC(=O)c3ccccc3F)cccc21. The van der Waals surface area contributed by atoms with Crippen LogP contribution >= 0.6 is 0 Å². The van der Waals surface area contributed by atoms with Crippen LogP contribution in [0.25, 0.3) is 10.9 Å². The van der Waals surface area contributed by atoms with E-state index in [0.29, 0.717) is 18.5 Å². The zero-order valence-corrected chi connectivity index (χ0v) is 17.6. The Hall–Kier alpha value is -4.00. The van der Waals surface area contributed by atoms with Gasteiger partial charge in [0.2, 0.25) is 5.91 Å². The van der Waals surface area contributed by atoms with Gasteiger partial charge in [0.15, 0.2) is 0 Å². The second-order valence-electron chi connectivity index (χ2n) is 7.53. The van der Waals surface area contributed by atoms with Crippen LogP contribution in [0.15, 0.2) is 79.0 Å². The van der Waals surface area contributed by atoms with E-state index in [0.717, 1.165) is 16.5 Å². The van der Waals surface area contributed by atoms with E-state index in [2.05, 4.69) is 15.7 Å². The van der Waals surface area contributed by atoms with Gasteiger partial charge in [-0.05, 0) is 42.7 Å². The molecule has 0 saturated carbocycles. The number of nitrogens with zero attached hydrogens (tertiary/aromatic N) is 2. The van der Waals surface area contributed by atoms with Crippen molar-refractivity contribution in [3.63, 3.8) is 0 Å². The monoisotopic (exact) mass is 430 g/mol. The lowest BCUT2D eigenvalue weighted by molar-refractivity contribution is -0.118. The fraction of sp³-hybridized carbons (Fsp3) is 0.160. The van der Waals surface area contributed by atoms with Crippen molar-refractivity contribution in [3.05, 3.63) is 95.9 Å². The third kappa shape index (κ3) is 4.67. The van der Waals surface area contributed by atoms with Crippen LogP contribution in [0.3, 0.4) is 0 Å². The molecule has 162 valence electrons. The molecule has 0 bridgehead atoms. The van der Waals surface area contributed by atoms with Crippen molar-refractivity contribution in [2.24, 2.45) is 7.05 Å². The van der Waals surface area contributed by atoms with Gasteiger partial charge in [0, 0.05) is 12.4 Å². The lowest BCUT2D eigenvalue weighted by atomic mass is 10.0. The first-order valence-corrected chi connectivity index (χ1v) is 10.3. The van der Waals surface area contributed by atoms with E-state index in [1.165, 1.54) is 18.2 Å². The number of aromatic nitrogens is 2. The summed E-state index contributed by atoms with van der Waals surface area (Å²) in [7, 11) is 1.82. The number of rotatable bonds is 7. The molecule has 4 aromatic rings. The van der Waals surface area contributed by atoms with Crippen LogP contribution in [0.5, 0.6) is 0 Å². The van der Waals surface area contributed by atoms with Crippen LogP contribution in [0, 0.1) is 5.82 Å². The topological polar surface area (TPSA) is 76.0 Å². The first-order valence-electron chi connectivity index (χ1n) is 10.3. The van der Waals surface area contributed by atoms with Crippen molar-refractivity contribution < 1.29 is 14.0 Å². The van der Waals surface area contributed by atoms with Gasteiger partial charge in [-0.2, -0.15) is 5.10 Å². The molecule has 6 nitrogen and oxygen atoms in total. The molecule has 2 amide bonds. The highest BCUT2D eigenvalue weighted by molar-refractivity contribution is 6.05. The van der Waals surface area contributed by atoms with E-state index in [1.54, 1.807) is 23.0 Å². The van der Waals surface area contributed by atoms with Gasteiger partial charge in [-0.3, -0.25) is 14.3 Å². The number of aryl methyl sites for hydroxylation is 2. The number of hydrogen-bond acceptors (Lipinski definition) is 3. The number of fused-ring (bicyclic) bond motifs is 1. The summed E-state index contributed by atoms with van der Waals surface area (Å²) in [4.78, 5) is 25.9. The quantitative estimate of drug-likeness (QED) is 0.464. The molecule has 2 N–H and O–H groups in total. The number of anilines is 1. The van der Waals surface area contributed by atoms with Crippen molar-refractivity contribution in [2.75, 3.05) is 5.32 Å². The molecule has 0 aliphatic carbocycles. The fourth-order valence-corrected chi connectivity index (χ4v) is 3.61. The summed E-state index contributed by atoms with van der Waals surface area (Å²) in [6.07, 6.45) is 2.62. The fourth-order valence-electron chi connectivity index (χ4n) is 3.61. The van der Waals surface area contributed by atoms with Crippen LogP contribution < -0.4 is 10.6 Å². The molecule has 32 heavy (non-hydrogen) atoms. The van der Waals surface area contributed by atoms with Gasteiger partial charge in [-0.15, -0.1) is 0 Å². The van der Waals surface area contributed by atoms with Crippen LogP contribution in [0.1, 0.15) is 22.3 Å². The standard InChI is InChI=1S/C25H23FN4O2/c1-30-23-13-7-12-21(19(23)16-27-30)28-25(32)22(15-14-17-8-3-2-4-9-17)29-24(31)18-10-5-6-11-20(18)26/h2-13,16,22H,14-15H2,1H3,(H,28,32)(H,29,31). The van der Waals surface area contributed by atoms with Crippen LogP contribution in [0.4, 0.5) is 10.1 Å². The summed E-state index contributed by atoms with van der Waals surface area (Å²) in [5.74, 6) is -1.63. The maximum absolute atomic E-state index is 14.1. The average Bonchev–Trinajstić information content (AvgIpc) is 3.19. The van der Waals surface area contributed by atoms with Crippen molar-refractivity contribution in [1.82, 2.24) is 15.1 Å². The number of nitrogens with one attached hydrogen (secondary N) is 2. The minimum atomic E-state index is -0.853. The summed E-state index contributed by atoms with van der Waals surface area (Å²) in [5.41, 5.74) is 2.42. The van der Waals surface area contributed by atoms with E-state index in [4.69, 9.17) is 0 Å². The van der Waals surface area contributed by atoms with Crippen molar-refractivity contribution >= 4 is 28.4 Å². The van der Waals surface area contributed by atoms with Gasteiger partial charge in [0.05, 0.1) is 23.0 Å².